The average molecular weight is 220 g/mol. The molecule has 88 valence electrons. The lowest BCUT2D eigenvalue weighted by molar-refractivity contribution is 0.416. The minimum Gasteiger partial charge on any atom is -0.384 e. The number of nitrogens with one attached hydrogen (secondary N) is 1. The second kappa shape index (κ2) is 5.51. The van der Waals surface area contributed by atoms with Crippen molar-refractivity contribution >= 4 is 11.5 Å². The van der Waals surface area contributed by atoms with Crippen LogP contribution in [0.4, 0.5) is 5.69 Å². The zero-order valence-corrected chi connectivity index (χ0v) is 10.2. The summed E-state index contributed by atoms with van der Waals surface area (Å²) in [5.74, 6) is 0.118. The summed E-state index contributed by atoms with van der Waals surface area (Å²) < 4.78 is 0. The molecule has 0 fully saturated rings. The van der Waals surface area contributed by atoms with Gasteiger partial charge in [0, 0.05) is 31.4 Å². The molecule has 0 atom stereocenters. The van der Waals surface area contributed by atoms with Gasteiger partial charge in [-0.1, -0.05) is 12.1 Å². The van der Waals surface area contributed by atoms with E-state index in [1.54, 1.807) is 0 Å². The quantitative estimate of drug-likeness (QED) is 0.574. The molecular formula is C12H20N4. The Morgan fingerprint density at radius 3 is 2.38 bits per heavy atom. The van der Waals surface area contributed by atoms with Gasteiger partial charge in [-0.25, -0.2) is 0 Å². The summed E-state index contributed by atoms with van der Waals surface area (Å²) in [4.78, 5) is 4.25. The molecule has 0 aromatic heterocycles. The lowest BCUT2D eigenvalue weighted by atomic mass is 10.1. The maximum Gasteiger partial charge on any atom is 0.124 e. The second-order valence-electron chi connectivity index (χ2n) is 4.16. The number of hydrogen-bond acceptors (Lipinski definition) is 3. The lowest BCUT2D eigenvalue weighted by Gasteiger charge is -2.23. The monoisotopic (exact) mass is 220 g/mol. The van der Waals surface area contributed by atoms with Gasteiger partial charge in [-0.05, 0) is 26.2 Å². The van der Waals surface area contributed by atoms with Gasteiger partial charge in [0.25, 0.3) is 0 Å². The summed E-state index contributed by atoms with van der Waals surface area (Å²) in [6.45, 7) is 1.89. The zero-order valence-electron chi connectivity index (χ0n) is 10.2. The standard InChI is InChI=1S/C12H20N4/c1-15(2)8-9-16(3)11-7-5-4-6-10(11)12(13)14/h4-7H,8-9H2,1-3H3,(H3,13,14). The van der Waals surface area contributed by atoms with E-state index < -0.39 is 0 Å². The number of hydrogen-bond donors (Lipinski definition) is 2. The zero-order chi connectivity index (χ0) is 12.1. The van der Waals surface area contributed by atoms with Crippen LogP contribution in [0.2, 0.25) is 0 Å². The van der Waals surface area contributed by atoms with Crippen LogP contribution in [0.5, 0.6) is 0 Å². The molecule has 4 heteroatoms. The van der Waals surface area contributed by atoms with Crippen molar-refractivity contribution in [1.82, 2.24) is 4.90 Å². The van der Waals surface area contributed by atoms with Crippen molar-refractivity contribution in [3.63, 3.8) is 0 Å². The number of nitrogen functional groups attached to an aromatic ring is 1. The van der Waals surface area contributed by atoms with E-state index in [4.69, 9.17) is 11.1 Å². The predicted octanol–water partition coefficient (Wildman–Crippen LogP) is 0.968. The fourth-order valence-corrected chi connectivity index (χ4v) is 1.50. The maximum absolute atomic E-state index is 7.53. The fourth-order valence-electron chi connectivity index (χ4n) is 1.50. The Kier molecular flexibility index (Phi) is 4.31. The molecule has 0 spiro atoms. The normalized spacial score (nSPS) is 10.5. The molecule has 0 saturated carbocycles. The predicted molar refractivity (Wildman–Crippen MR) is 69.3 cm³/mol. The molecule has 1 aromatic rings. The van der Waals surface area contributed by atoms with Crippen molar-refractivity contribution in [2.45, 2.75) is 0 Å². The van der Waals surface area contributed by atoms with Crippen molar-refractivity contribution < 1.29 is 0 Å². The first-order valence-corrected chi connectivity index (χ1v) is 5.31. The summed E-state index contributed by atoms with van der Waals surface area (Å²) >= 11 is 0. The van der Waals surface area contributed by atoms with Gasteiger partial charge in [-0.3, -0.25) is 5.41 Å². The van der Waals surface area contributed by atoms with Crippen LogP contribution in [0.3, 0.4) is 0 Å². The third kappa shape index (κ3) is 3.24. The minimum absolute atomic E-state index is 0.118. The highest BCUT2D eigenvalue weighted by Gasteiger charge is 2.08. The highest BCUT2D eigenvalue weighted by molar-refractivity contribution is 6.00. The van der Waals surface area contributed by atoms with Gasteiger partial charge in [0.1, 0.15) is 5.84 Å². The SMILES string of the molecule is CN(C)CCN(C)c1ccccc1C(=N)N. The number of likely N-dealkylation sites (N-methyl/N-ethyl adjacent to an activating group) is 2. The Bertz CT molecular complexity index is 360. The van der Waals surface area contributed by atoms with Gasteiger partial charge in [0.15, 0.2) is 0 Å². The molecular weight excluding hydrogens is 200 g/mol. The Hall–Kier alpha value is -1.55. The van der Waals surface area contributed by atoms with Crippen LogP contribution in [-0.4, -0.2) is 45.0 Å². The number of anilines is 1. The van der Waals surface area contributed by atoms with E-state index in [1.165, 1.54) is 0 Å². The van der Waals surface area contributed by atoms with E-state index in [9.17, 15) is 0 Å². The third-order valence-electron chi connectivity index (χ3n) is 2.49. The van der Waals surface area contributed by atoms with E-state index in [0.29, 0.717) is 0 Å². The molecule has 0 aliphatic carbocycles. The van der Waals surface area contributed by atoms with Gasteiger partial charge in [0.05, 0.1) is 0 Å². The summed E-state index contributed by atoms with van der Waals surface area (Å²) in [7, 11) is 6.11. The molecule has 0 bridgehead atoms. The highest BCUT2D eigenvalue weighted by atomic mass is 15.2. The van der Waals surface area contributed by atoms with Gasteiger partial charge in [0.2, 0.25) is 0 Å². The molecule has 0 amide bonds. The van der Waals surface area contributed by atoms with Crippen LogP contribution in [0, 0.1) is 5.41 Å². The van der Waals surface area contributed by atoms with Gasteiger partial charge in [-0.2, -0.15) is 0 Å². The molecule has 0 aliphatic rings. The fraction of sp³-hybridized carbons (Fsp3) is 0.417. The van der Waals surface area contributed by atoms with Crippen molar-refractivity contribution in [2.75, 3.05) is 39.1 Å². The third-order valence-corrected chi connectivity index (χ3v) is 2.49. The van der Waals surface area contributed by atoms with Gasteiger partial charge in [-0.15, -0.1) is 0 Å². The number of rotatable bonds is 5. The topological polar surface area (TPSA) is 56.4 Å². The van der Waals surface area contributed by atoms with Crippen molar-refractivity contribution in [2.24, 2.45) is 5.73 Å². The Labute approximate surface area is 97.2 Å². The Balaban J connectivity index is 2.82. The van der Waals surface area contributed by atoms with Crippen LogP contribution in [0.1, 0.15) is 5.56 Å². The Morgan fingerprint density at radius 1 is 1.19 bits per heavy atom. The Morgan fingerprint density at radius 2 is 1.81 bits per heavy atom. The first-order chi connectivity index (χ1) is 7.52. The molecule has 0 saturated heterocycles. The van der Waals surface area contributed by atoms with E-state index in [2.05, 4.69) is 9.80 Å². The van der Waals surface area contributed by atoms with Crippen molar-refractivity contribution in [3.8, 4) is 0 Å². The van der Waals surface area contributed by atoms with Crippen LogP contribution in [0.25, 0.3) is 0 Å². The first kappa shape index (κ1) is 12.5. The summed E-state index contributed by atoms with van der Waals surface area (Å²) in [6.07, 6.45) is 0. The van der Waals surface area contributed by atoms with E-state index in [0.717, 1.165) is 24.3 Å². The smallest absolute Gasteiger partial charge is 0.124 e. The second-order valence-corrected chi connectivity index (χ2v) is 4.16. The lowest BCUT2D eigenvalue weighted by Crippen LogP contribution is -2.30. The highest BCUT2D eigenvalue weighted by Crippen LogP contribution is 2.18. The van der Waals surface area contributed by atoms with Crippen LogP contribution < -0.4 is 10.6 Å². The molecule has 1 aromatic carbocycles. The maximum atomic E-state index is 7.53. The molecule has 0 unspecified atom stereocenters. The average Bonchev–Trinajstić information content (AvgIpc) is 2.25. The van der Waals surface area contributed by atoms with Crippen LogP contribution in [0.15, 0.2) is 24.3 Å². The van der Waals surface area contributed by atoms with Crippen molar-refractivity contribution in [3.05, 3.63) is 29.8 Å². The van der Waals surface area contributed by atoms with E-state index in [-0.39, 0.29) is 5.84 Å². The molecule has 0 aliphatic heterocycles. The van der Waals surface area contributed by atoms with E-state index in [1.807, 2.05) is 45.4 Å². The molecule has 16 heavy (non-hydrogen) atoms. The van der Waals surface area contributed by atoms with Crippen LogP contribution >= 0.6 is 0 Å². The molecule has 0 heterocycles. The molecule has 4 nitrogen and oxygen atoms in total. The number of benzene rings is 1. The summed E-state index contributed by atoms with van der Waals surface area (Å²) in [6, 6.07) is 7.74. The van der Waals surface area contributed by atoms with Gasteiger partial charge >= 0.3 is 0 Å². The van der Waals surface area contributed by atoms with Crippen LogP contribution in [-0.2, 0) is 0 Å². The molecule has 3 N–H and O–H groups in total. The number of para-hydroxylation sites is 1. The minimum atomic E-state index is 0.118. The van der Waals surface area contributed by atoms with Gasteiger partial charge < -0.3 is 15.5 Å². The van der Waals surface area contributed by atoms with E-state index >= 15 is 0 Å². The summed E-state index contributed by atoms with van der Waals surface area (Å²) in [5.41, 5.74) is 7.36. The summed E-state index contributed by atoms with van der Waals surface area (Å²) in [5, 5.41) is 7.53. The number of nitrogens with two attached hydrogens (primary N) is 1. The van der Waals surface area contributed by atoms with Crippen molar-refractivity contribution in [1.29, 1.82) is 5.41 Å². The first-order valence-electron chi connectivity index (χ1n) is 5.31. The largest absolute Gasteiger partial charge is 0.384 e. The number of nitrogens with zero attached hydrogens (tertiary/aromatic N) is 2. The number of amidine groups is 1. The molecule has 0 radical (unpaired) electrons. The molecule has 1 rings (SSSR count).